The Morgan fingerprint density at radius 2 is 2.19 bits per heavy atom. The van der Waals surface area contributed by atoms with Crippen LogP contribution in [0.25, 0.3) is 0 Å². The lowest BCUT2D eigenvalue weighted by Crippen LogP contribution is -2.16. The van der Waals surface area contributed by atoms with Gasteiger partial charge in [0.15, 0.2) is 11.6 Å². The van der Waals surface area contributed by atoms with E-state index in [1.165, 1.54) is 19.4 Å². The van der Waals surface area contributed by atoms with E-state index in [0.29, 0.717) is 16.5 Å². The Morgan fingerprint density at radius 3 is 2.86 bits per heavy atom. The number of benzene rings is 1. The van der Waals surface area contributed by atoms with Crippen LogP contribution in [0.3, 0.4) is 0 Å². The van der Waals surface area contributed by atoms with Crippen molar-refractivity contribution in [1.82, 2.24) is 4.98 Å². The molecule has 3 N–H and O–H groups in total. The first-order valence-corrected chi connectivity index (χ1v) is 6.37. The quantitative estimate of drug-likeness (QED) is 0.913. The molecule has 2 aromatic rings. The molecule has 0 saturated carbocycles. The first kappa shape index (κ1) is 15.1. The Balaban J connectivity index is 2.36. The molecule has 0 bridgehead atoms. The minimum absolute atomic E-state index is 0.197. The van der Waals surface area contributed by atoms with Crippen LogP contribution in [0, 0.1) is 12.7 Å². The van der Waals surface area contributed by atoms with Crippen molar-refractivity contribution in [2.45, 2.75) is 6.92 Å². The van der Waals surface area contributed by atoms with E-state index in [1.807, 2.05) is 0 Å². The monoisotopic (exact) mass is 309 g/mol. The molecular weight excluding hydrogens is 297 g/mol. The zero-order valence-corrected chi connectivity index (χ0v) is 12.2. The lowest BCUT2D eigenvalue weighted by Gasteiger charge is -2.12. The average molecular weight is 310 g/mol. The molecule has 1 amide bonds. The lowest BCUT2D eigenvalue weighted by atomic mass is 10.2. The molecular formula is C14H13ClFN3O2. The third kappa shape index (κ3) is 3.05. The number of carbonyl (C=O) groups excluding carboxylic acids is 1. The number of hydrogen-bond donors (Lipinski definition) is 2. The van der Waals surface area contributed by atoms with Crippen LogP contribution in [0.1, 0.15) is 15.9 Å². The minimum Gasteiger partial charge on any atom is -0.495 e. The maximum Gasteiger partial charge on any atom is 0.258 e. The molecule has 0 saturated heterocycles. The molecule has 0 aliphatic heterocycles. The predicted octanol–water partition coefficient (Wildman–Crippen LogP) is 3.03. The van der Waals surface area contributed by atoms with E-state index in [4.69, 9.17) is 22.1 Å². The summed E-state index contributed by atoms with van der Waals surface area (Å²) in [4.78, 5) is 15.7. The number of pyridine rings is 1. The largest absolute Gasteiger partial charge is 0.495 e. The Kier molecular flexibility index (Phi) is 4.28. The maximum absolute atomic E-state index is 13.8. The van der Waals surface area contributed by atoms with Gasteiger partial charge in [-0.3, -0.25) is 4.79 Å². The Bertz CT molecular complexity index is 707. The molecule has 1 heterocycles. The summed E-state index contributed by atoms with van der Waals surface area (Å²) >= 11 is 5.99. The van der Waals surface area contributed by atoms with Gasteiger partial charge >= 0.3 is 0 Å². The molecule has 110 valence electrons. The summed E-state index contributed by atoms with van der Waals surface area (Å²) in [7, 11) is 1.45. The summed E-state index contributed by atoms with van der Waals surface area (Å²) in [6.45, 7) is 1.78. The minimum atomic E-state index is -0.861. The Hall–Kier alpha value is -2.34. The number of nitrogens with zero attached hydrogens (tertiary/aromatic N) is 1. The van der Waals surface area contributed by atoms with Gasteiger partial charge in [-0.2, -0.15) is 0 Å². The van der Waals surface area contributed by atoms with E-state index < -0.39 is 11.7 Å². The van der Waals surface area contributed by atoms with E-state index in [0.717, 1.165) is 5.56 Å². The van der Waals surface area contributed by atoms with Crippen molar-refractivity contribution in [3.63, 3.8) is 0 Å². The zero-order valence-electron chi connectivity index (χ0n) is 11.4. The van der Waals surface area contributed by atoms with E-state index >= 15 is 0 Å². The topological polar surface area (TPSA) is 77.2 Å². The molecule has 0 fully saturated rings. The number of nitrogens with one attached hydrogen (secondary N) is 1. The first-order valence-electron chi connectivity index (χ1n) is 5.99. The molecule has 0 unspecified atom stereocenters. The number of ether oxygens (including phenoxy) is 1. The normalized spacial score (nSPS) is 10.3. The molecule has 21 heavy (non-hydrogen) atoms. The average Bonchev–Trinajstić information content (AvgIpc) is 2.45. The second kappa shape index (κ2) is 5.97. The third-order valence-electron chi connectivity index (χ3n) is 2.89. The van der Waals surface area contributed by atoms with Gasteiger partial charge in [0.1, 0.15) is 5.75 Å². The van der Waals surface area contributed by atoms with Gasteiger partial charge in [-0.05, 0) is 24.6 Å². The van der Waals surface area contributed by atoms with Gasteiger partial charge in [-0.1, -0.05) is 11.6 Å². The molecule has 1 aromatic carbocycles. The van der Waals surface area contributed by atoms with Crippen LogP contribution in [0.2, 0.25) is 5.02 Å². The number of rotatable bonds is 3. The molecule has 2 rings (SSSR count). The van der Waals surface area contributed by atoms with Crippen LogP contribution >= 0.6 is 11.6 Å². The van der Waals surface area contributed by atoms with Gasteiger partial charge in [-0.15, -0.1) is 0 Å². The van der Waals surface area contributed by atoms with Gasteiger partial charge in [0, 0.05) is 17.3 Å². The van der Waals surface area contributed by atoms with Crippen LogP contribution in [0.5, 0.6) is 5.75 Å². The van der Waals surface area contributed by atoms with Crippen molar-refractivity contribution < 1.29 is 13.9 Å². The summed E-state index contributed by atoms with van der Waals surface area (Å²) in [5, 5.41) is 3.07. The zero-order chi connectivity index (χ0) is 15.6. The van der Waals surface area contributed by atoms with Gasteiger partial charge in [0.05, 0.1) is 18.4 Å². The second-order valence-corrected chi connectivity index (χ2v) is 4.72. The van der Waals surface area contributed by atoms with Crippen molar-refractivity contribution in [3.8, 4) is 5.75 Å². The van der Waals surface area contributed by atoms with E-state index in [2.05, 4.69) is 10.3 Å². The number of methoxy groups -OCH3 is 1. The smallest absolute Gasteiger partial charge is 0.258 e. The highest BCUT2D eigenvalue weighted by Crippen LogP contribution is 2.31. The van der Waals surface area contributed by atoms with Crippen LogP contribution < -0.4 is 15.8 Å². The number of nitrogens with two attached hydrogens (primary N) is 1. The number of aromatic nitrogens is 1. The van der Waals surface area contributed by atoms with Gasteiger partial charge in [0.2, 0.25) is 0 Å². The standard InChI is InChI=1S/C14H13ClFN3O2/c1-7-5-10(11(21-2)6-9(7)15)19-14(20)8-3-4-18-13(17)12(8)16/h3-6H,1-2H3,(H2,17,18)(H,19,20). The van der Waals surface area contributed by atoms with Crippen LogP contribution in [0.4, 0.5) is 15.9 Å². The highest BCUT2D eigenvalue weighted by molar-refractivity contribution is 6.31. The molecule has 5 nitrogen and oxygen atoms in total. The third-order valence-corrected chi connectivity index (χ3v) is 3.30. The van der Waals surface area contributed by atoms with Crippen molar-refractivity contribution in [1.29, 1.82) is 0 Å². The molecule has 0 radical (unpaired) electrons. The summed E-state index contributed by atoms with van der Waals surface area (Å²) in [6, 6.07) is 4.46. The summed E-state index contributed by atoms with van der Waals surface area (Å²) < 4.78 is 18.9. The van der Waals surface area contributed by atoms with E-state index in [9.17, 15) is 9.18 Å². The van der Waals surface area contributed by atoms with Crippen LogP contribution in [-0.4, -0.2) is 18.0 Å². The highest BCUT2D eigenvalue weighted by Gasteiger charge is 2.17. The molecule has 0 aliphatic carbocycles. The van der Waals surface area contributed by atoms with Crippen molar-refractivity contribution in [2.24, 2.45) is 0 Å². The van der Waals surface area contributed by atoms with Gasteiger partial charge < -0.3 is 15.8 Å². The summed E-state index contributed by atoms with van der Waals surface area (Å²) in [6.07, 6.45) is 1.26. The van der Waals surface area contributed by atoms with Crippen molar-refractivity contribution >= 4 is 29.0 Å². The lowest BCUT2D eigenvalue weighted by molar-refractivity contribution is 0.102. The van der Waals surface area contributed by atoms with Gasteiger partial charge in [-0.25, -0.2) is 9.37 Å². The summed E-state index contributed by atoms with van der Waals surface area (Å²) in [5.41, 5.74) is 6.29. The van der Waals surface area contributed by atoms with Gasteiger partial charge in [0.25, 0.3) is 5.91 Å². The number of halogens is 2. The highest BCUT2D eigenvalue weighted by atomic mass is 35.5. The van der Waals surface area contributed by atoms with Crippen LogP contribution in [0.15, 0.2) is 24.4 Å². The summed E-state index contributed by atoms with van der Waals surface area (Å²) in [5.74, 6) is -1.47. The molecule has 7 heteroatoms. The fourth-order valence-electron chi connectivity index (χ4n) is 1.75. The number of anilines is 2. The first-order chi connectivity index (χ1) is 9.93. The number of aryl methyl sites for hydroxylation is 1. The van der Waals surface area contributed by atoms with Crippen molar-refractivity contribution in [2.75, 3.05) is 18.2 Å². The van der Waals surface area contributed by atoms with Crippen molar-refractivity contribution in [3.05, 3.63) is 46.4 Å². The fraction of sp³-hybridized carbons (Fsp3) is 0.143. The SMILES string of the molecule is COc1cc(Cl)c(C)cc1NC(=O)c1ccnc(N)c1F. The number of hydrogen-bond acceptors (Lipinski definition) is 4. The molecule has 0 atom stereocenters. The molecule has 1 aromatic heterocycles. The molecule has 0 spiro atoms. The number of carbonyl (C=O) groups is 1. The number of amides is 1. The predicted molar refractivity (Wildman–Crippen MR) is 79.3 cm³/mol. The number of nitrogen functional groups attached to an aromatic ring is 1. The Morgan fingerprint density at radius 1 is 1.48 bits per heavy atom. The Labute approximate surface area is 125 Å². The molecule has 0 aliphatic rings. The fourth-order valence-corrected chi connectivity index (χ4v) is 1.91. The second-order valence-electron chi connectivity index (χ2n) is 4.31. The van der Waals surface area contributed by atoms with E-state index in [1.54, 1.807) is 19.1 Å². The maximum atomic E-state index is 13.8. The van der Waals surface area contributed by atoms with Crippen LogP contribution in [-0.2, 0) is 0 Å². The van der Waals surface area contributed by atoms with E-state index in [-0.39, 0.29) is 11.4 Å².